The average molecular weight is 283 g/mol. The Labute approximate surface area is 128 Å². The molecule has 0 radical (unpaired) electrons. The first-order valence-corrected chi connectivity index (χ1v) is 7.70. The minimum atomic E-state index is 0.852. The van der Waals surface area contributed by atoms with Crippen LogP contribution in [0.2, 0.25) is 0 Å². The predicted octanol–water partition coefficient (Wildman–Crippen LogP) is 3.53. The number of aryl methyl sites for hydroxylation is 1. The van der Waals surface area contributed by atoms with Crippen LogP contribution in [0.15, 0.2) is 42.5 Å². The van der Waals surface area contributed by atoms with Gasteiger partial charge in [-0.25, -0.2) is 0 Å². The van der Waals surface area contributed by atoms with E-state index in [1.165, 1.54) is 11.3 Å². The molecule has 1 N–H and O–H groups in total. The summed E-state index contributed by atoms with van der Waals surface area (Å²) in [5.41, 5.74) is 4.77. The van der Waals surface area contributed by atoms with Gasteiger partial charge in [0.25, 0.3) is 0 Å². The fourth-order valence-electron chi connectivity index (χ4n) is 2.36. The molecule has 0 bridgehead atoms. The number of nitrogens with zero attached hydrogens (tertiary/aromatic N) is 2. The van der Waals surface area contributed by atoms with Crippen LogP contribution in [0.5, 0.6) is 0 Å². The molecule has 1 aromatic heterocycles. The summed E-state index contributed by atoms with van der Waals surface area (Å²) >= 11 is 0. The Kier molecular flexibility index (Phi) is 5.76. The van der Waals surface area contributed by atoms with Crippen molar-refractivity contribution in [3.8, 4) is 0 Å². The van der Waals surface area contributed by atoms with Crippen molar-refractivity contribution in [2.75, 3.05) is 18.0 Å². The molecular weight excluding hydrogens is 258 g/mol. The van der Waals surface area contributed by atoms with Crippen LogP contribution in [-0.4, -0.2) is 18.1 Å². The predicted molar refractivity (Wildman–Crippen MR) is 89.5 cm³/mol. The first-order chi connectivity index (χ1) is 10.2. The molecule has 2 aromatic rings. The third-order valence-electron chi connectivity index (χ3n) is 3.56. The van der Waals surface area contributed by atoms with E-state index in [9.17, 15) is 0 Å². The SMILES string of the molecule is CCNCc1ccc(N(CC)Cc2cccc(C)n2)cc1. The van der Waals surface area contributed by atoms with E-state index >= 15 is 0 Å². The molecule has 0 saturated heterocycles. The van der Waals surface area contributed by atoms with Crippen LogP contribution >= 0.6 is 0 Å². The number of aromatic nitrogens is 1. The summed E-state index contributed by atoms with van der Waals surface area (Å²) in [7, 11) is 0. The third kappa shape index (κ3) is 4.57. The van der Waals surface area contributed by atoms with Crippen molar-refractivity contribution >= 4 is 5.69 Å². The summed E-state index contributed by atoms with van der Waals surface area (Å²) in [5.74, 6) is 0. The maximum absolute atomic E-state index is 4.59. The Bertz CT molecular complexity index is 549. The number of anilines is 1. The number of hydrogen-bond acceptors (Lipinski definition) is 3. The minimum absolute atomic E-state index is 0.852. The third-order valence-corrected chi connectivity index (χ3v) is 3.56. The number of pyridine rings is 1. The van der Waals surface area contributed by atoms with Crippen LogP contribution in [0.25, 0.3) is 0 Å². The van der Waals surface area contributed by atoms with Crippen molar-refractivity contribution in [1.82, 2.24) is 10.3 Å². The summed E-state index contributed by atoms with van der Waals surface area (Å²) in [6, 6.07) is 15.0. The largest absolute Gasteiger partial charge is 0.366 e. The van der Waals surface area contributed by atoms with Gasteiger partial charge in [0.15, 0.2) is 0 Å². The number of hydrogen-bond donors (Lipinski definition) is 1. The zero-order valence-corrected chi connectivity index (χ0v) is 13.3. The zero-order chi connectivity index (χ0) is 15.1. The zero-order valence-electron chi connectivity index (χ0n) is 13.3. The van der Waals surface area contributed by atoms with Crippen molar-refractivity contribution in [3.05, 3.63) is 59.4 Å². The molecule has 0 spiro atoms. The van der Waals surface area contributed by atoms with Gasteiger partial charge >= 0.3 is 0 Å². The van der Waals surface area contributed by atoms with Crippen molar-refractivity contribution in [2.45, 2.75) is 33.9 Å². The van der Waals surface area contributed by atoms with Gasteiger partial charge in [0.1, 0.15) is 0 Å². The van der Waals surface area contributed by atoms with Gasteiger partial charge in [-0.2, -0.15) is 0 Å². The molecular formula is C18H25N3. The Morgan fingerprint density at radius 1 is 1.05 bits per heavy atom. The van der Waals surface area contributed by atoms with Gasteiger partial charge in [0.2, 0.25) is 0 Å². The Morgan fingerprint density at radius 3 is 2.43 bits per heavy atom. The van der Waals surface area contributed by atoms with Crippen LogP contribution in [0, 0.1) is 6.92 Å². The molecule has 0 saturated carbocycles. The fraction of sp³-hybridized carbons (Fsp3) is 0.389. The Balaban J connectivity index is 2.06. The lowest BCUT2D eigenvalue weighted by Crippen LogP contribution is -2.22. The molecule has 112 valence electrons. The van der Waals surface area contributed by atoms with Gasteiger partial charge < -0.3 is 10.2 Å². The molecule has 0 aliphatic carbocycles. The van der Waals surface area contributed by atoms with Crippen LogP contribution in [0.4, 0.5) is 5.69 Å². The average Bonchev–Trinajstić information content (AvgIpc) is 2.51. The summed E-state index contributed by atoms with van der Waals surface area (Å²) in [4.78, 5) is 6.94. The van der Waals surface area contributed by atoms with E-state index < -0.39 is 0 Å². The Morgan fingerprint density at radius 2 is 1.81 bits per heavy atom. The fourth-order valence-corrected chi connectivity index (χ4v) is 2.36. The van der Waals surface area contributed by atoms with Gasteiger partial charge in [-0.1, -0.05) is 25.1 Å². The van der Waals surface area contributed by atoms with E-state index in [-0.39, 0.29) is 0 Å². The summed E-state index contributed by atoms with van der Waals surface area (Å²) in [6.07, 6.45) is 0. The van der Waals surface area contributed by atoms with E-state index in [1.807, 2.05) is 13.0 Å². The van der Waals surface area contributed by atoms with Crippen LogP contribution < -0.4 is 10.2 Å². The van der Waals surface area contributed by atoms with E-state index in [0.29, 0.717) is 0 Å². The smallest absolute Gasteiger partial charge is 0.0602 e. The molecule has 3 nitrogen and oxygen atoms in total. The van der Waals surface area contributed by atoms with Crippen LogP contribution in [0.3, 0.4) is 0 Å². The maximum Gasteiger partial charge on any atom is 0.0602 e. The summed E-state index contributed by atoms with van der Waals surface area (Å²) in [5, 5.41) is 3.35. The lowest BCUT2D eigenvalue weighted by Gasteiger charge is -2.23. The number of rotatable bonds is 7. The minimum Gasteiger partial charge on any atom is -0.366 e. The second kappa shape index (κ2) is 7.79. The highest BCUT2D eigenvalue weighted by atomic mass is 15.1. The van der Waals surface area contributed by atoms with E-state index in [2.05, 4.69) is 65.4 Å². The van der Waals surface area contributed by atoms with Gasteiger partial charge in [0, 0.05) is 24.5 Å². The molecule has 1 heterocycles. The highest BCUT2D eigenvalue weighted by Gasteiger charge is 2.06. The summed E-state index contributed by atoms with van der Waals surface area (Å²) in [6.45, 7) is 10.1. The molecule has 2 rings (SSSR count). The lowest BCUT2D eigenvalue weighted by atomic mass is 10.2. The monoisotopic (exact) mass is 283 g/mol. The van der Waals surface area contributed by atoms with Crippen molar-refractivity contribution in [1.29, 1.82) is 0 Å². The first-order valence-electron chi connectivity index (χ1n) is 7.70. The highest BCUT2D eigenvalue weighted by Crippen LogP contribution is 2.17. The lowest BCUT2D eigenvalue weighted by molar-refractivity contribution is 0.726. The Hall–Kier alpha value is -1.87. The van der Waals surface area contributed by atoms with Gasteiger partial charge in [-0.15, -0.1) is 0 Å². The van der Waals surface area contributed by atoms with Crippen LogP contribution in [-0.2, 0) is 13.1 Å². The second-order valence-corrected chi connectivity index (χ2v) is 5.23. The second-order valence-electron chi connectivity index (χ2n) is 5.23. The van der Waals surface area contributed by atoms with E-state index in [1.54, 1.807) is 0 Å². The standard InChI is InChI=1S/C18H25N3/c1-4-19-13-16-9-11-18(12-10-16)21(5-2)14-17-8-6-7-15(3)20-17/h6-12,19H,4-5,13-14H2,1-3H3. The van der Waals surface area contributed by atoms with Crippen LogP contribution in [0.1, 0.15) is 30.8 Å². The molecule has 1 aromatic carbocycles. The van der Waals surface area contributed by atoms with Crippen molar-refractivity contribution in [2.24, 2.45) is 0 Å². The van der Waals surface area contributed by atoms with Gasteiger partial charge in [0.05, 0.1) is 12.2 Å². The molecule has 0 aliphatic rings. The molecule has 3 heteroatoms. The molecule has 21 heavy (non-hydrogen) atoms. The van der Waals surface area contributed by atoms with Crippen molar-refractivity contribution in [3.63, 3.8) is 0 Å². The number of nitrogens with one attached hydrogen (secondary N) is 1. The van der Waals surface area contributed by atoms with E-state index in [0.717, 1.165) is 37.6 Å². The maximum atomic E-state index is 4.59. The molecule has 0 unspecified atom stereocenters. The molecule has 0 amide bonds. The quantitative estimate of drug-likeness (QED) is 0.842. The first kappa shape index (κ1) is 15.5. The van der Waals surface area contributed by atoms with Gasteiger partial charge in [-0.3, -0.25) is 4.98 Å². The summed E-state index contributed by atoms with van der Waals surface area (Å²) < 4.78 is 0. The molecule has 0 atom stereocenters. The molecule has 0 aliphatic heterocycles. The highest BCUT2D eigenvalue weighted by molar-refractivity contribution is 5.47. The van der Waals surface area contributed by atoms with E-state index in [4.69, 9.17) is 0 Å². The normalized spacial score (nSPS) is 10.6. The van der Waals surface area contributed by atoms with Gasteiger partial charge in [-0.05, 0) is 50.2 Å². The topological polar surface area (TPSA) is 28.2 Å². The molecule has 0 fully saturated rings. The number of benzene rings is 1. The van der Waals surface area contributed by atoms with Crippen molar-refractivity contribution < 1.29 is 0 Å².